The maximum atomic E-state index is 13.8. The number of carbonyl (C=O) groups is 4. The molecule has 16 atom stereocenters. The van der Waals surface area contributed by atoms with Crippen molar-refractivity contribution in [1.82, 2.24) is 0 Å². The van der Waals surface area contributed by atoms with Gasteiger partial charge in [-0.25, -0.2) is 14.4 Å². The first kappa shape index (κ1) is 35.9. The molecule has 3 saturated heterocycles. The van der Waals surface area contributed by atoms with Crippen molar-refractivity contribution in [3.8, 4) is 0 Å². The lowest BCUT2D eigenvalue weighted by atomic mass is 9.38. The Morgan fingerprint density at radius 3 is 2.39 bits per heavy atom. The minimum Gasteiger partial charge on any atom is -0.467 e. The Morgan fingerprint density at radius 2 is 1.76 bits per heavy atom. The molecular weight excluding hydrogens is 652 g/mol. The van der Waals surface area contributed by atoms with E-state index in [0.29, 0.717) is 12.0 Å². The van der Waals surface area contributed by atoms with Crippen LogP contribution in [-0.4, -0.2) is 135 Å². The summed E-state index contributed by atoms with van der Waals surface area (Å²) in [5.74, 6) is -7.83. The third kappa shape index (κ3) is 4.86. The van der Waals surface area contributed by atoms with E-state index >= 15 is 0 Å². The largest absolute Gasteiger partial charge is 0.467 e. The third-order valence-corrected chi connectivity index (χ3v) is 12.1. The van der Waals surface area contributed by atoms with Gasteiger partial charge < -0.3 is 59.1 Å². The molecule has 272 valence electrons. The number of rotatable bonds is 7. The van der Waals surface area contributed by atoms with Crippen LogP contribution in [0, 0.1) is 34.5 Å². The summed E-state index contributed by atoms with van der Waals surface area (Å²) in [7, 11) is 1.06. The van der Waals surface area contributed by atoms with Crippen LogP contribution >= 0.6 is 0 Å². The maximum absolute atomic E-state index is 13.8. The summed E-state index contributed by atoms with van der Waals surface area (Å²) in [6, 6.07) is 0. The molecule has 49 heavy (non-hydrogen) atoms. The minimum absolute atomic E-state index is 0.0465. The predicted molar refractivity (Wildman–Crippen MR) is 159 cm³/mol. The summed E-state index contributed by atoms with van der Waals surface area (Å²) in [6.45, 7) is 5.78. The van der Waals surface area contributed by atoms with Gasteiger partial charge in [0, 0.05) is 23.3 Å². The van der Waals surface area contributed by atoms with Crippen LogP contribution in [0.25, 0.3) is 0 Å². The Morgan fingerprint density at radius 1 is 1.06 bits per heavy atom. The van der Waals surface area contributed by atoms with Gasteiger partial charge in [-0.3, -0.25) is 4.79 Å². The van der Waals surface area contributed by atoms with E-state index in [2.05, 4.69) is 0 Å². The zero-order valence-electron chi connectivity index (χ0n) is 27.8. The Labute approximate surface area is 281 Å². The van der Waals surface area contributed by atoms with Gasteiger partial charge in [0.15, 0.2) is 11.5 Å². The Bertz CT molecular complexity index is 1460. The third-order valence-electron chi connectivity index (χ3n) is 12.1. The molecule has 0 amide bonds. The Balaban J connectivity index is 1.48. The molecule has 16 nitrogen and oxygen atoms in total. The average molecular weight is 697 g/mol. The number of fused-ring (bicyclic) bond motifs is 2. The van der Waals surface area contributed by atoms with Crippen molar-refractivity contribution in [2.45, 2.75) is 101 Å². The fourth-order valence-electron chi connectivity index (χ4n) is 9.64. The highest BCUT2D eigenvalue weighted by molar-refractivity contribution is 5.97. The summed E-state index contributed by atoms with van der Waals surface area (Å²) >= 11 is 0. The molecule has 6 rings (SSSR count). The van der Waals surface area contributed by atoms with Gasteiger partial charge in [-0.2, -0.15) is 0 Å². The molecule has 3 aliphatic heterocycles. The van der Waals surface area contributed by atoms with Gasteiger partial charge in [-0.15, -0.1) is 0 Å². The number of aliphatic hydroxyl groups excluding tert-OH is 6. The lowest BCUT2D eigenvalue weighted by Gasteiger charge is -2.67. The molecule has 0 aromatic rings. The van der Waals surface area contributed by atoms with Crippen molar-refractivity contribution in [3.63, 3.8) is 0 Å². The standard InChI is InChI=1S/C33H44O16/c1-6-12(2)7-18(35)49-24-26-32-11-45-33(26,30(43)44-5)27(41)23(40)25(32)31(4)9-15(19(36)13(3)14(31)8-17(32)48-28(24)42)46-29-22(39)21(38)20(37)16(10-34)47-29/h7,9,13-14,16-17,20-27,29,34,37-41H,6,8,10-11H2,1-5H3/b12-7+/t13-,14-,16+,17+,20+,21-,22+,23?,24+,25?,26+,27-,29+,31-,32+,33-/m0/s1. The molecule has 3 heterocycles. The van der Waals surface area contributed by atoms with Crippen LogP contribution in [0.3, 0.4) is 0 Å². The number of methoxy groups -OCH3 is 1. The lowest BCUT2D eigenvalue weighted by Crippen LogP contribution is -2.79. The SMILES string of the molecule is CC/C(C)=C/C(=O)O[C@H]1C(=O)O[C@@H]2C[C@H]3[C@H](C)C(=O)C(O[C@@H]4O[C@H](CO)[C@@H](O)[C@H](O)[C@H]4O)=C[C@]3(C)C3C(O)[C@H](O)[C@@]4(C(=O)OC)OC[C@]32[C@@H]14. The zero-order chi connectivity index (χ0) is 36.0. The zero-order valence-corrected chi connectivity index (χ0v) is 27.8. The number of carbonyl (C=O) groups excluding carboxylic acids is 4. The molecule has 2 bridgehead atoms. The highest BCUT2D eigenvalue weighted by atomic mass is 16.7. The van der Waals surface area contributed by atoms with Crippen LogP contribution in [0.2, 0.25) is 0 Å². The molecule has 16 heteroatoms. The number of Topliss-reactive ketones (excluding diaryl/α,β-unsaturated/α-hetero) is 1. The van der Waals surface area contributed by atoms with E-state index in [1.807, 2.05) is 6.92 Å². The number of hydrogen-bond acceptors (Lipinski definition) is 16. The molecule has 0 aromatic heterocycles. The van der Waals surface area contributed by atoms with Gasteiger partial charge in [0.2, 0.25) is 18.0 Å². The highest BCUT2D eigenvalue weighted by Crippen LogP contribution is 2.72. The van der Waals surface area contributed by atoms with Crippen LogP contribution in [0.1, 0.15) is 40.5 Å². The minimum atomic E-state index is -2.34. The van der Waals surface area contributed by atoms with Crippen molar-refractivity contribution in [1.29, 1.82) is 0 Å². The topological polar surface area (TPSA) is 245 Å². The second-order valence-electron chi connectivity index (χ2n) is 14.4. The first-order valence-corrected chi connectivity index (χ1v) is 16.5. The smallest absolute Gasteiger partial charge is 0.348 e. The van der Waals surface area contributed by atoms with E-state index in [4.69, 9.17) is 28.4 Å². The van der Waals surface area contributed by atoms with Gasteiger partial charge >= 0.3 is 17.9 Å². The van der Waals surface area contributed by atoms with Crippen LogP contribution in [0.15, 0.2) is 23.5 Å². The highest BCUT2D eigenvalue weighted by Gasteiger charge is 2.85. The van der Waals surface area contributed by atoms with E-state index in [1.165, 1.54) is 12.2 Å². The van der Waals surface area contributed by atoms with Gasteiger partial charge in [0.1, 0.15) is 36.6 Å². The molecular formula is C33H44O16. The number of esters is 3. The molecule has 3 aliphatic carbocycles. The van der Waals surface area contributed by atoms with Crippen molar-refractivity contribution >= 4 is 23.7 Å². The summed E-state index contributed by atoms with van der Waals surface area (Å²) in [6.07, 6.45) is -11.6. The number of aliphatic hydroxyl groups is 6. The quantitative estimate of drug-likeness (QED) is 0.0960. The number of ketones is 1. The molecule has 1 spiro atoms. The first-order chi connectivity index (χ1) is 23.0. The van der Waals surface area contributed by atoms with Crippen molar-refractivity contribution in [2.75, 3.05) is 20.3 Å². The number of ether oxygens (including phenoxy) is 6. The molecule has 6 aliphatic rings. The Kier molecular flexibility index (Phi) is 9.05. The molecule has 0 radical (unpaired) electrons. The second kappa shape index (κ2) is 12.4. The second-order valence-corrected chi connectivity index (χ2v) is 14.4. The van der Waals surface area contributed by atoms with Gasteiger partial charge in [-0.1, -0.05) is 26.3 Å². The van der Waals surface area contributed by atoms with Crippen molar-refractivity contribution in [3.05, 3.63) is 23.5 Å². The summed E-state index contributed by atoms with van der Waals surface area (Å²) in [5.41, 5.74) is -4.44. The molecule has 5 fully saturated rings. The number of allylic oxidation sites excluding steroid dienone is 3. The fourth-order valence-corrected chi connectivity index (χ4v) is 9.64. The predicted octanol–water partition coefficient (Wildman–Crippen LogP) is -1.98. The van der Waals surface area contributed by atoms with Crippen LogP contribution in [0.5, 0.6) is 0 Å². The molecule has 2 saturated carbocycles. The van der Waals surface area contributed by atoms with E-state index in [-0.39, 0.29) is 18.8 Å². The van der Waals surface area contributed by atoms with E-state index in [0.717, 1.165) is 7.11 Å². The van der Waals surface area contributed by atoms with Crippen LogP contribution < -0.4 is 0 Å². The summed E-state index contributed by atoms with van der Waals surface area (Å²) in [5, 5.41) is 64.7. The van der Waals surface area contributed by atoms with Crippen LogP contribution in [-0.2, 0) is 47.6 Å². The van der Waals surface area contributed by atoms with E-state index in [9.17, 15) is 49.8 Å². The van der Waals surface area contributed by atoms with E-state index in [1.54, 1.807) is 20.8 Å². The van der Waals surface area contributed by atoms with Gasteiger partial charge in [0.05, 0.1) is 32.3 Å². The number of hydrogen-bond donors (Lipinski definition) is 6. The summed E-state index contributed by atoms with van der Waals surface area (Å²) in [4.78, 5) is 54.2. The maximum Gasteiger partial charge on any atom is 0.348 e. The molecule has 0 aromatic carbocycles. The normalized spacial score (nSPS) is 48.8. The Hall–Kier alpha value is -2.96. The lowest BCUT2D eigenvalue weighted by molar-refractivity contribution is -0.296. The van der Waals surface area contributed by atoms with Gasteiger partial charge in [-0.05, 0) is 37.2 Å². The van der Waals surface area contributed by atoms with E-state index < -0.39 is 126 Å². The fraction of sp³-hybridized carbons (Fsp3) is 0.758. The monoisotopic (exact) mass is 696 g/mol. The van der Waals surface area contributed by atoms with Crippen molar-refractivity contribution < 1.29 is 78.2 Å². The van der Waals surface area contributed by atoms with Crippen molar-refractivity contribution in [2.24, 2.45) is 34.5 Å². The molecule has 6 N–H and O–H groups in total. The van der Waals surface area contributed by atoms with Gasteiger partial charge in [0.25, 0.3) is 0 Å². The van der Waals surface area contributed by atoms with Crippen LogP contribution in [0.4, 0.5) is 0 Å². The first-order valence-electron chi connectivity index (χ1n) is 16.5. The molecule has 2 unspecified atom stereocenters. The summed E-state index contributed by atoms with van der Waals surface area (Å²) < 4.78 is 34.2. The average Bonchev–Trinajstić information content (AvgIpc) is 3.38.